The quantitative estimate of drug-likeness (QED) is 0.855. The molecule has 1 aliphatic carbocycles. The van der Waals surface area contributed by atoms with Gasteiger partial charge in [-0.15, -0.1) is 0 Å². The number of carbonyl (C=O) groups excluding carboxylic acids is 1. The predicted molar refractivity (Wildman–Crippen MR) is 76.6 cm³/mol. The van der Waals surface area contributed by atoms with Gasteiger partial charge in [-0.2, -0.15) is 13.2 Å². The van der Waals surface area contributed by atoms with E-state index in [1.807, 2.05) is 0 Å². The Morgan fingerprint density at radius 3 is 2.61 bits per heavy atom. The summed E-state index contributed by atoms with van der Waals surface area (Å²) < 4.78 is 57.3. The van der Waals surface area contributed by atoms with Gasteiger partial charge in [0.2, 0.25) is 5.91 Å². The van der Waals surface area contributed by atoms with Crippen molar-refractivity contribution in [2.75, 3.05) is 7.11 Å². The fourth-order valence-electron chi connectivity index (χ4n) is 2.96. The van der Waals surface area contributed by atoms with E-state index >= 15 is 0 Å². The third-order valence-corrected chi connectivity index (χ3v) is 4.11. The Balaban J connectivity index is 1.99. The van der Waals surface area contributed by atoms with Crippen molar-refractivity contribution in [3.8, 4) is 5.75 Å². The molecule has 0 heterocycles. The molecule has 0 aromatic heterocycles. The topological polar surface area (TPSA) is 38.3 Å². The first-order valence-corrected chi connectivity index (χ1v) is 7.49. The molecule has 1 aromatic carbocycles. The van der Waals surface area contributed by atoms with E-state index in [-0.39, 0.29) is 18.6 Å². The maximum atomic E-state index is 13.6. The largest absolute Gasteiger partial charge is 0.494 e. The normalized spacial score (nSPS) is 21.8. The van der Waals surface area contributed by atoms with E-state index in [2.05, 4.69) is 5.32 Å². The smallest absolute Gasteiger partial charge is 0.393 e. The lowest BCUT2D eigenvalue weighted by atomic mass is 9.84. The number of halogens is 4. The molecular weight excluding hydrogens is 314 g/mol. The van der Waals surface area contributed by atoms with Gasteiger partial charge in [0.25, 0.3) is 0 Å². The Kier molecular flexibility index (Phi) is 5.49. The average molecular weight is 333 g/mol. The first-order chi connectivity index (χ1) is 10.8. The molecule has 23 heavy (non-hydrogen) atoms. The zero-order chi connectivity index (χ0) is 17.0. The number of carbonyl (C=O) groups is 1. The van der Waals surface area contributed by atoms with Gasteiger partial charge in [-0.05, 0) is 30.5 Å². The van der Waals surface area contributed by atoms with Gasteiger partial charge in [-0.3, -0.25) is 4.79 Å². The number of alkyl halides is 3. The van der Waals surface area contributed by atoms with Crippen molar-refractivity contribution in [2.24, 2.45) is 5.92 Å². The van der Waals surface area contributed by atoms with Crippen molar-refractivity contribution in [3.05, 3.63) is 29.6 Å². The van der Waals surface area contributed by atoms with Crippen LogP contribution in [0.4, 0.5) is 17.6 Å². The van der Waals surface area contributed by atoms with Gasteiger partial charge in [-0.1, -0.05) is 18.9 Å². The summed E-state index contributed by atoms with van der Waals surface area (Å²) in [5, 5.41) is 2.46. The minimum atomic E-state index is -4.31. The van der Waals surface area contributed by atoms with E-state index in [0.29, 0.717) is 24.8 Å². The molecule has 7 heteroatoms. The number of amides is 1. The SMILES string of the molecule is COc1ccc(CC(=O)N[C@H]2CCCC[C@@H]2C(F)(F)F)cc1F. The molecule has 1 aromatic rings. The van der Waals surface area contributed by atoms with Gasteiger partial charge in [0.1, 0.15) is 0 Å². The van der Waals surface area contributed by atoms with Gasteiger partial charge in [0.05, 0.1) is 19.4 Å². The predicted octanol–water partition coefficient (Wildman–Crippen LogP) is 3.61. The Morgan fingerprint density at radius 2 is 2.00 bits per heavy atom. The number of methoxy groups -OCH3 is 1. The fraction of sp³-hybridized carbons (Fsp3) is 0.562. The summed E-state index contributed by atoms with van der Waals surface area (Å²) in [7, 11) is 1.32. The minimum Gasteiger partial charge on any atom is -0.494 e. The van der Waals surface area contributed by atoms with Gasteiger partial charge < -0.3 is 10.1 Å². The molecule has 1 fully saturated rings. The van der Waals surface area contributed by atoms with Crippen LogP contribution < -0.4 is 10.1 Å². The highest BCUT2D eigenvalue weighted by Gasteiger charge is 2.45. The van der Waals surface area contributed by atoms with Crippen molar-refractivity contribution in [1.82, 2.24) is 5.32 Å². The Bertz CT molecular complexity index is 560. The van der Waals surface area contributed by atoms with Crippen LogP contribution in [0.3, 0.4) is 0 Å². The lowest BCUT2D eigenvalue weighted by Crippen LogP contribution is -2.48. The lowest BCUT2D eigenvalue weighted by molar-refractivity contribution is -0.189. The van der Waals surface area contributed by atoms with E-state index in [1.165, 1.54) is 19.2 Å². The molecule has 1 aliphatic rings. The molecule has 1 amide bonds. The van der Waals surface area contributed by atoms with Crippen LogP contribution in [0.25, 0.3) is 0 Å². The van der Waals surface area contributed by atoms with Crippen LogP contribution in [-0.2, 0) is 11.2 Å². The Labute approximate surface area is 132 Å². The number of nitrogens with one attached hydrogen (secondary N) is 1. The Morgan fingerprint density at radius 1 is 1.30 bits per heavy atom. The second-order valence-corrected chi connectivity index (χ2v) is 5.75. The summed E-state index contributed by atoms with van der Waals surface area (Å²) in [5.74, 6) is -2.59. The molecule has 128 valence electrons. The zero-order valence-electron chi connectivity index (χ0n) is 12.8. The van der Waals surface area contributed by atoms with Gasteiger partial charge in [0.15, 0.2) is 11.6 Å². The highest BCUT2D eigenvalue weighted by molar-refractivity contribution is 5.79. The van der Waals surface area contributed by atoms with E-state index in [0.717, 1.165) is 6.07 Å². The van der Waals surface area contributed by atoms with Crippen LogP contribution in [0.1, 0.15) is 31.2 Å². The lowest BCUT2D eigenvalue weighted by Gasteiger charge is -2.33. The number of rotatable bonds is 4. The van der Waals surface area contributed by atoms with Crippen molar-refractivity contribution in [3.63, 3.8) is 0 Å². The first-order valence-electron chi connectivity index (χ1n) is 7.49. The molecule has 0 bridgehead atoms. The zero-order valence-corrected chi connectivity index (χ0v) is 12.8. The number of benzene rings is 1. The van der Waals surface area contributed by atoms with Gasteiger partial charge >= 0.3 is 6.18 Å². The molecule has 0 aliphatic heterocycles. The highest BCUT2D eigenvalue weighted by Crippen LogP contribution is 2.37. The monoisotopic (exact) mass is 333 g/mol. The molecule has 3 nitrogen and oxygen atoms in total. The molecule has 0 radical (unpaired) electrons. The number of hydrogen-bond acceptors (Lipinski definition) is 2. The van der Waals surface area contributed by atoms with Crippen LogP contribution >= 0.6 is 0 Å². The molecule has 0 saturated heterocycles. The maximum Gasteiger partial charge on any atom is 0.393 e. The molecule has 0 unspecified atom stereocenters. The Hall–Kier alpha value is -1.79. The van der Waals surface area contributed by atoms with Crippen LogP contribution in [-0.4, -0.2) is 25.2 Å². The average Bonchev–Trinajstić information content (AvgIpc) is 2.46. The van der Waals surface area contributed by atoms with Crippen LogP contribution in [0.5, 0.6) is 5.75 Å². The highest BCUT2D eigenvalue weighted by atomic mass is 19.4. The second kappa shape index (κ2) is 7.19. The fourth-order valence-corrected chi connectivity index (χ4v) is 2.96. The molecular formula is C16H19F4NO2. The van der Waals surface area contributed by atoms with E-state index in [1.54, 1.807) is 0 Å². The minimum absolute atomic E-state index is 0.0333. The van der Waals surface area contributed by atoms with Gasteiger partial charge in [-0.25, -0.2) is 4.39 Å². The molecule has 0 spiro atoms. The van der Waals surface area contributed by atoms with Gasteiger partial charge in [0, 0.05) is 6.04 Å². The van der Waals surface area contributed by atoms with E-state index in [9.17, 15) is 22.4 Å². The standard InChI is InChI=1S/C16H19F4NO2/c1-23-14-7-6-10(8-12(14)17)9-15(22)21-13-5-3-2-4-11(13)16(18,19)20/h6-8,11,13H,2-5,9H2,1H3,(H,21,22)/t11-,13-/m0/s1. The second-order valence-electron chi connectivity index (χ2n) is 5.75. The van der Waals surface area contributed by atoms with Crippen molar-refractivity contribution in [2.45, 2.75) is 44.3 Å². The molecule has 2 rings (SSSR count). The summed E-state index contributed by atoms with van der Waals surface area (Å²) in [6.45, 7) is 0. The van der Waals surface area contributed by atoms with E-state index in [4.69, 9.17) is 4.74 Å². The number of ether oxygens (including phenoxy) is 1. The maximum absolute atomic E-state index is 13.6. The summed E-state index contributed by atoms with van der Waals surface area (Å²) in [6, 6.07) is 3.15. The van der Waals surface area contributed by atoms with E-state index < -0.39 is 29.9 Å². The van der Waals surface area contributed by atoms with Crippen molar-refractivity contribution in [1.29, 1.82) is 0 Å². The third kappa shape index (κ3) is 4.59. The summed E-state index contributed by atoms with van der Waals surface area (Å²) in [6.07, 6.45) is -2.96. The molecule has 1 N–H and O–H groups in total. The third-order valence-electron chi connectivity index (χ3n) is 4.11. The van der Waals surface area contributed by atoms with Crippen LogP contribution in [0.15, 0.2) is 18.2 Å². The van der Waals surface area contributed by atoms with Crippen molar-refractivity contribution >= 4 is 5.91 Å². The summed E-state index contributed by atoms with van der Waals surface area (Å²) in [5.41, 5.74) is 0.389. The van der Waals surface area contributed by atoms with Crippen molar-refractivity contribution < 1.29 is 27.1 Å². The summed E-state index contributed by atoms with van der Waals surface area (Å²) >= 11 is 0. The summed E-state index contributed by atoms with van der Waals surface area (Å²) in [4.78, 5) is 12.0. The van der Waals surface area contributed by atoms with Crippen LogP contribution in [0, 0.1) is 11.7 Å². The number of hydrogen-bond donors (Lipinski definition) is 1. The molecule has 1 saturated carbocycles. The van der Waals surface area contributed by atoms with Crippen LogP contribution in [0.2, 0.25) is 0 Å². The first kappa shape index (κ1) is 17.6. The molecule has 2 atom stereocenters.